The minimum Gasteiger partial charge on any atom is -0.497 e. The van der Waals surface area contributed by atoms with Gasteiger partial charge in [-0.05, 0) is 18.2 Å². The third-order valence-electron chi connectivity index (χ3n) is 3.22. The van der Waals surface area contributed by atoms with Crippen LogP contribution in [0, 0.1) is 0 Å². The van der Waals surface area contributed by atoms with Gasteiger partial charge in [-0.1, -0.05) is 11.8 Å². The van der Waals surface area contributed by atoms with E-state index in [9.17, 15) is 22.8 Å². The van der Waals surface area contributed by atoms with Gasteiger partial charge in [0.05, 0.1) is 18.4 Å². The molecule has 1 aromatic carbocycles. The highest BCUT2D eigenvalue weighted by Crippen LogP contribution is 2.41. The summed E-state index contributed by atoms with van der Waals surface area (Å²) >= 11 is 0.978. The van der Waals surface area contributed by atoms with Gasteiger partial charge in [0.15, 0.2) is 5.12 Å². The number of rotatable bonds is 3. The zero-order valence-corrected chi connectivity index (χ0v) is 12.8. The number of ether oxygens (including phenoxy) is 1. The summed E-state index contributed by atoms with van der Waals surface area (Å²) in [6.45, 7) is 1.45. The normalized spacial score (nSPS) is 18.7. The molecule has 22 heavy (non-hydrogen) atoms. The lowest BCUT2D eigenvalue weighted by Gasteiger charge is -2.22. The van der Waals surface area contributed by atoms with Crippen LogP contribution in [0.5, 0.6) is 5.75 Å². The average Bonchev–Trinajstić information content (AvgIpc) is 2.76. The number of carbonyl (C=O) groups excluding carboxylic acids is 2. The molecule has 120 valence electrons. The van der Waals surface area contributed by atoms with Gasteiger partial charge in [0, 0.05) is 25.1 Å². The second-order valence-corrected chi connectivity index (χ2v) is 6.30. The summed E-state index contributed by atoms with van der Waals surface area (Å²) in [5, 5.41) is -0.487. The summed E-state index contributed by atoms with van der Waals surface area (Å²) in [6, 6.07) is 3.47. The van der Waals surface area contributed by atoms with Crippen molar-refractivity contribution in [2.45, 2.75) is 24.8 Å². The first-order valence-corrected chi connectivity index (χ1v) is 7.33. The number of benzene rings is 1. The monoisotopic (exact) mass is 333 g/mol. The minimum atomic E-state index is -4.60. The maximum absolute atomic E-state index is 13.2. The van der Waals surface area contributed by atoms with Crippen molar-refractivity contribution in [3.8, 4) is 5.75 Å². The third kappa shape index (κ3) is 3.55. The molecule has 0 saturated carbocycles. The summed E-state index contributed by atoms with van der Waals surface area (Å²) in [5.74, 6) is -0.355. The van der Waals surface area contributed by atoms with Gasteiger partial charge < -0.3 is 9.64 Å². The number of alkyl halides is 3. The molecule has 1 aromatic rings. The molecule has 1 aliphatic heterocycles. The molecule has 0 radical (unpaired) electrons. The smallest absolute Gasteiger partial charge is 0.418 e. The van der Waals surface area contributed by atoms with E-state index >= 15 is 0 Å². The van der Waals surface area contributed by atoms with Crippen molar-refractivity contribution in [1.82, 2.24) is 0 Å². The van der Waals surface area contributed by atoms with Crippen LogP contribution >= 0.6 is 11.8 Å². The molecule has 4 nitrogen and oxygen atoms in total. The molecule has 0 bridgehead atoms. The van der Waals surface area contributed by atoms with Crippen molar-refractivity contribution in [2.75, 3.05) is 18.6 Å². The van der Waals surface area contributed by atoms with E-state index in [4.69, 9.17) is 4.74 Å². The number of amides is 1. The molecule has 0 aromatic heterocycles. The van der Waals surface area contributed by atoms with Gasteiger partial charge >= 0.3 is 6.18 Å². The Labute approximate surface area is 129 Å². The Balaban J connectivity index is 2.36. The fraction of sp³-hybridized carbons (Fsp3) is 0.429. The molecule has 8 heteroatoms. The van der Waals surface area contributed by atoms with Crippen LogP contribution < -0.4 is 9.64 Å². The highest BCUT2D eigenvalue weighted by molar-refractivity contribution is 8.14. The van der Waals surface area contributed by atoms with E-state index in [2.05, 4.69) is 0 Å². The Morgan fingerprint density at radius 1 is 1.41 bits per heavy atom. The summed E-state index contributed by atoms with van der Waals surface area (Å²) in [5.41, 5.74) is -1.13. The van der Waals surface area contributed by atoms with E-state index in [-0.39, 0.29) is 34.8 Å². The molecule has 2 rings (SSSR count). The number of hydrogen-bond donors (Lipinski definition) is 0. The maximum Gasteiger partial charge on any atom is 0.418 e. The van der Waals surface area contributed by atoms with Crippen molar-refractivity contribution in [3.63, 3.8) is 0 Å². The minimum absolute atomic E-state index is 0.0492. The van der Waals surface area contributed by atoms with Crippen LogP contribution in [-0.4, -0.2) is 29.9 Å². The fourth-order valence-corrected chi connectivity index (χ4v) is 3.24. The summed E-state index contributed by atoms with van der Waals surface area (Å²) in [4.78, 5) is 24.2. The molecule has 0 aliphatic carbocycles. The Morgan fingerprint density at radius 2 is 2.09 bits per heavy atom. The summed E-state index contributed by atoms with van der Waals surface area (Å²) in [7, 11) is 1.27. The topological polar surface area (TPSA) is 46.6 Å². The zero-order chi connectivity index (χ0) is 16.5. The molecule has 1 fully saturated rings. The molecule has 1 unspecified atom stereocenters. The van der Waals surface area contributed by atoms with Gasteiger partial charge in [-0.15, -0.1) is 0 Å². The Bertz CT molecular complexity index is 603. The van der Waals surface area contributed by atoms with Gasteiger partial charge in [-0.25, -0.2) is 0 Å². The Kier molecular flexibility index (Phi) is 4.69. The molecular formula is C14H14F3NO3S. The SMILES string of the molecule is COc1ccc(N2CC(SC(C)=O)CC2=O)c(C(F)(F)F)c1. The number of hydrogen-bond acceptors (Lipinski definition) is 4. The standard InChI is InChI=1S/C14H14F3NO3S/c1-8(19)22-10-6-13(20)18(7-10)12-4-3-9(21-2)5-11(12)14(15,16)17/h3-5,10H,6-7H2,1-2H3. The second kappa shape index (κ2) is 6.20. The van der Waals surface area contributed by atoms with Gasteiger partial charge in [0.25, 0.3) is 0 Å². The molecule has 1 heterocycles. The van der Waals surface area contributed by atoms with E-state index in [1.165, 1.54) is 26.2 Å². The quantitative estimate of drug-likeness (QED) is 0.853. The lowest BCUT2D eigenvalue weighted by atomic mass is 10.1. The highest BCUT2D eigenvalue weighted by Gasteiger charge is 2.39. The van der Waals surface area contributed by atoms with Crippen LogP contribution in [0.2, 0.25) is 0 Å². The van der Waals surface area contributed by atoms with Crippen LogP contribution in [-0.2, 0) is 15.8 Å². The number of nitrogens with zero attached hydrogens (tertiary/aromatic N) is 1. The predicted octanol–water partition coefficient (Wildman–Crippen LogP) is 3.10. The second-order valence-electron chi connectivity index (χ2n) is 4.82. The number of halogens is 3. The summed E-state index contributed by atoms with van der Waals surface area (Å²) in [6.07, 6.45) is -4.55. The van der Waals surface area contributed by atoms with E-state index in [1.54, 1.807) is 0 Å². The first-order valence-electron chi connectivity index (χ1n) is 6.45. The van der Waals surface area contributed by atoms with Crippen molar-refractivity contribution < 1.29 is 27.5 Å². The molecule has 1 atom stereocenters. The first-order chi connectivity index (χ1) is 10.2. The van der Waals surface area contributed by atoms with Crippen LogP contribution in [0.4, 0.5) is 18.9 Å². The first kappa shape index (κ1) is 16.7. The molecule has 1 aliphatic rings. The molecule has 1 saturated heterocycles. The highest BCUT2D eigenvalue weighted by atomic mass is 32.2. The number of methoxy groups -OCH3 is 1. The Hall–Kier alpha value is -1.70. The van der Waals surface area contributed by atoms with Crippen molar-refractivity contribution >= 4 is 28.5 Å². The van der Waals surface area contributed by atoms with E-state index in [0.29, 0.717) is 0 Å². The van der Waals surface area contributed by atoms with E-state index in [0.717, 1.165) is 22.7 Å². The fourth-order valence-electron chi connectivity index (χ4n) is 2.33. The van der Waals surface area contributed by atoms with Crippen molar-refractivity contribution in [3.05, 3.63) is 23.8 Å². The number of carbonyl (C=O) groups is 2. The molecular weight excluding hydrogens is 319 g/mol. The zero-order valence-electron chi connectivity index (χ0n) is 11.9. The third-order valence-corrected chi connectivity index (χ3v) is 4.20. The predicted molar refractivity (Wildman–Crippen MR) is 77.0 cm³/mol. The Morgan fingerprint density at radius 3 is 2.64 bits per heavy atom. The lowest BCUT2D eigenvalue weighted by molar-refractivity contribution is -0.137. The largest absolute Gasteiger partial charge is 0.497 e. The van der Waals surface area contributed by atoms with Crippen molar-refractivity contribution in [1.29, 1.82) is 0 Å². The molecule has 1 amide bonds. The van der Waals surface area contributed by atoms with E-state index in [1.807, 2.05) is 0 Å². The van der Waals surface area contributed by atoms with Crippen molar-refractivity contribution in [2.24, 2.45) is 0 Å². The van der Waals surface area contributed by atoms with Gasteiger partial charge in [0.1, 0.15) is 5.75 Å². The average molecular weight is 333 g/mol. The van der Waals surface area contributed by atoms with Gasteiger partial charge in [-0.2, -0.15) is 13.2 Å². The van der Waals surface area contributed by atoms with Crippen LogP contribution in [0.3, 0.4) is 0 Å². The van der Waals surface area contributed by atoms with Gasteiger partial charge in [-0.3, -0.25) is 9.59 Å². The lowest BCUT2D eigenvalue weighted by Crippen LogP contribution is -2.27. The van der Waals surface area contributed by atoms with Crippen LogP contribution in [0.15, 0.2) is 18.2 Å². The molecule has 0 spiro atoms. The van der Waals surface area contributed by atoms with Gasteiger partial charge in [0.2, 0.25) is 5.91 Å². The number of anilines is 1. The van der Waals surface area contributed by atoms with Crippen LogP contribution in [0.25, 0.3) is 0 Å². The number of thioether (sulfide) groups is 1. The molecule has 0 N–H and O–H groups in total. The van der Waals surface area contributed by atoms with E-state index < -0.39 is 17.6 Å². The summed E-state index contributed by atoms with van der Waals surface area (Å²) < 4.78 is 44.4. The maximum atomic E-state index is 13.2. The van der Waals surface area contributed by atoms with Crippen LogP contribution in [0.1, 0.15) is 18.9 Å².